The Bertz CT molecular complexity index is 416. The van der Waals surface area contributed by atoms with Gasteiger partial charge in [-0.3, -0.25) is 4.79 Å². The molecule has 1 aromatic carbocycles. The number of carbonyl (C=O) groups is 1. The maximum atomic E-state index is 12.8. The second-order valence-electron chi connectivity index (χ2n) is 4.47. The third-order valence-electron chi connectivity index (χ3n) is 3.29. The highest BCUT2D eigenvalue weighted by Gasteiger charge is 2.62. The zero-order valence-corrected chi connectivity index (χ0v) is 9.27. The fourth-order valence-corrected chi connectivity index (χ4v) is 2.28. The number of benzene rings is 1. The first kappa shape index (κ1) is 11.1. The number of carboxylic acids is 1. The van der Waals surface area contributed by atoms with Crippen LogP contribution in [-0.2, 0) is 10.2 Å². The van der Waals surface area contributed by atoms with Gasteiger partial charge in [0, 0.05) is 6.04 Å². The molecule has 1 aliphatic rings. The molecule has 1 fully saturated rings. The van der Waals surface area contributed by atoms with Crippen molar-refractivity contribution in [1.29, 1.82) is 0 Å². The van der Waals surface area contributed by atoms with Crippen molar-refractivity contribution in [3.63, 3.8) is 0 Å². The van der Waals surface area contributed by atoms with Crippen LogP contribution in [0.1, 0.15) is 12.0 Å². The van der Waals surface area contributed by atoms with Crippen molar-refractivity contribution in [3.8, 4) is 0 Å². The van der Waals surface area contributed by atoms with Crippen LogP contribution in [0.25, 0.3) is 0 Å². The van der Waals surface area contributed by atoms with Crippen molar-refractivity contribution in [2.24, 2.45) is 0 Å². The Labute approximate surface area is 93.5 Å². The van der Waals surface area contributed by atoms with E-state index in [-0.39, 0.29) is 11.9 Å². The van der Waals surface area contributed by atoms with Crippen LogP contribution in [-0.4, -0.2) is 36.1 Å². The van der Waals surface area contributed by atoms with Gasteiger partial charge in [-0.15, -0.1) is 0 Å². The molecule has 2 atom stereocenters. The largest absolute Gasteiger partial charge is 0.481 e. The van der Waals surface area contributed by atoms with E-state index in [9.17, 15) is 14.3 Å². The van der Waals surface area contributed by atoms with Crippen molar-refractivity contribution >= 4 is 5.97 Å². The summed E-state index contributed by atoms with van der Waals surface area (Å²) >= 11 is 0. The van der Waals surface area contributed by atoms with Gasteiger partial charge in [0.15, 0.2) is 0 Å². The Hall–Kier alpha value is -1.42. The monoisotopic (exact) mass is 223 g/mol. The van der Waals surface area contributed by atoms with Gasteiger partial charge in [0.25, 0.3) is 0 Å². The number of hydrogen-bond acceptors (Lipinski definition) is 2. The zero-order chi connectivity index (χ0) is 11.9. The molecule has 1 N–H and O–H groups in total. The average Bonchev–Trinajstić information content (AvgIpc) is 2.95. The first-order valence-electron chi connectivity index (χ1n) is 5.14. The minimum absolute atomic E-state index is 0.00420. The Morgan fingerprint density at radius 3 is 2.38 bits per heavy atom. The van der Waals surface area contributed by atoms with E-state index in [1.165, 1.54) is 12.1 Å². The molecule has 1 aliphatic carbocycles. The van der Waals surface area contributed by atoms with Gasteiger partial charge in [0.1, 0.15) is 11.2 Å². The van der Waals surface area contributed by atoms with Crippen molar-refractivity contribution < 1.29 is 14.3 Å². The number of hydrogen-bond donors (Lipinski definition) is 1. The summed E-state index contributed by atoms with van der Waals surface area (Å²) in [5.74, 6) is -1.18. The Morgan fingerprint density at radius 1 is 1.44 bits per heavy atom. The van der Waals surface area contributed by atoms with E-state index in [0.29, 0.717) is 12.0 Å². The van der Waals surface area contributed by atoms with Crippen LogP contribution in [0.5, 0.6) is 0 Å². The summed E-state index contributed by atoms with van der Waals surface area (Å²) in [7, 11) is 3.72. The molecule has 2 rings (SSSR count). The number of nitrogens with zero attached hydrogens (tertiary/aromatic N) is 1. The molecule has 0 bridgehead atoms. The molecule has 4 heteroatoms. The van der Waals surface area contributed by atoms with E-state index in [1.54, 1.807) is 12.1 Å². The van der Waals surface area contributed by atoms with E-state index in [0.717, 1.165) is 0 Å². The van der Waals surface area contributed by atoms with Crippen molar-refractivity contribution in [1.82, 2.24) is 4.90 Å². The summed E-state index contributed by atoms with van der Waals surface area (Å²) in [6.45, 7) is 0. The quantitative estimate of drug-likeness (QED) is 0.843. The van der Waals surface area contributed by atoms with Gasteiger partial charge in [-0.25, -0.2) is 4.39 Å². The van der Waals surface area contributed by atoms with E-state index in [2.05, 4.69) is 0 Å². The van der Waals surface area contributed by atoms with Crippen LogP contribution in [0, 0.1) is 5.82 Å². The minimum atomic E-state index is -0.850. The van der Waals surface area contributed by atoms with Crippen LogP contribution in [0.15, 0.2) is 24.3 Å². The zero-order valence-electron chi connectivity index (χ0n) is 9.27. The summed E-state index contributed by atoms with van der Waals surface area (Å²) < 4.78 is 12.8. The van der Waals surface area contributed by atoms with Crippen molar-refractivity contribution in [3.05, 3.63) is 35.6 Å². The Kier molecular flexibility index (Phi) is 2.46. The first-order valence-corrected chi connectivity index (χ1v) is 5.14. The second-order valence-corrected chi connectivity index (χ2v) is 4.47. The molecular weight excluding hydrogens is 209 g/mol. The second kappa shape index (κ2) is 3.56. The van der Waals surface area contributed by atoms with Gasteiger partial charge in [-0.2, -0.15) is 0 Å². The normalized spacial score (nSPS) is 28.1. The predicted octanol–water partition coefficient (Wildman–Crippen LogP) is 1.48. The molecule has 86 valence electrons. The van der Waals surface area contributed by atoms with Crippen LogP contribution >= 0.6 is 0 Å². The maximum Gasteiger partial charge on any atom is 0.315 e. The SMILES string of the molecule is CN(C)C1C[C@@]1(C(=O)O)c1ccc(F)cc1. The molecule has 0 saturated heterocycles. The molecule has 0 aliphatic heterocycles. The lowest BCUT2D eigenvalue weighted by molar-refractivity contribution is -0.140. The van der Waals surface area contributed by atoms with Crippen molar-refractivity contribution in [2.45, 2.75) is 17.9 Å². The van der Waals surface area contributed by atoms with Gasteiger partial charge in [-0.05, 0) is 38.2 Å². The molecule has 1 aromatic rings. The molecule has 0 heterocycles. The molecule has 3 nitrogen and oxygen atoms in total. The molecule has 0 radical (unpaired) electrons. The Balaban J connectivity index is 2.36. The summed E-state index contributed by atoms with van der Waals surface area (Å²) in [6, 6.07) is 5.74. The van der Waals surface area contributed by atoms with Gasteiger partial charge in [0.05, 0.1) is 0 Å². The lowest BCUT2D eigenvalue weighted by Gasteiger charge is -2.16. The van der Waals surface area contributed by atoms with Gasteiger partial charge in [-0.1, -0.05) is 12.1 Å². The molecule has 1 saturated carbocycles. The number of carboxylic acid groups (broad SMARTS) is 1. The lowest BCUT2D eigenvalue weighted by Crippen LogP contribution is -2.31. The van der Waals surface area contributed by atoms with Crippen LogP contribution < -0.4 is 0 Å². The third-order valence-corrected chi connectivity index (χ3v) is 3.29. The third kappa shape index (κ3) is 1.50. The molecule has 0 aromatic heterocycles. The highest BCUT2D eigenvalue weighted by atomic mass is 19.1. The van der Waals surface area contributed by atoms with E-state index < -0.39 is 11.4 Å². The summed E-state index contributed by atoms with van der Waals surface area (Å²) in [6.07, 6.45) is 0.584. The predicted molar refractivity (Wildman–Crippen MR) is 57.8 cm³/mol. The molecule has 0 spiro atoms. The molecule has 0 amide bonds. The number of halogens is 1. The van der Waals surface area contributed by atoms with E-state index in [1.807, 2.05) is 19.0 Å². The number of aliphatic carboxylic acids is 1. The standard InChI is InChI=1S/C12H14FNO2/c1-14(2)10-7-12(10,11(15)16)8-3-5-9(13)6-4-8/h3-6,10H,7H2,1-2H3,(H,15,16)/t10?,12-/m1/s1. The van der Waals surface area contributed by atoms with Crippen LogP contribution in [0.4, 0.5) is 4.39 Å². The maximum absolute atomic E-state index is 12.8. The van der Waals surface area contributed by atoms with E-state index in [4.69, 9.17) is 0 Å². The Morgan fingerprint density at radius 2 is 2.00 bits per heavy atom. The minimum Gasteiger partial charge on any atom is -0.481 e. The number of likely N-dealkylation sites (N-methyl/N-ethyl adjacent to an activating group) is 1. The van der Waals surface area contributed by atoms with Crippen molar-refractivity contribution in [2.75, 3.05) is 14.1 Å². The van der Waals surface area contributed by atoms with Gasteiger partial charge < -0.3 is 10.0 Å². The van der Waals surface area contributed by atoms with Crippen LogP contribution in [0.3, 0.4) is 0 Å². The first-order chi connectivity index (χ1) is 7.48. The fourth-order valence-electron chi connectivity index (χ4n) is 2.28. The van der Waals surface area contributed by atoms with E-state index >= 15 is 0 Å². The molecular formula is C12H14FNO2. The van der Waals surface area contributed by atoms with Gasteiger partial charge in [0.2, 0.25) is 0 Å². The van der Waals surface area contributed by atoms with Crippen LogP contribution in [0.2, 0.25) is 0 Å². The smallest absolute Gasteiger partial charge is 0.315 e. The lowest BCUT2D eigenvalue weighted by atomic mass is 9.95. The highest BCUT2D eigenvalue weighted by Crippen LogP contribution is 2.51. The van der Waals surface area contributed by atoms with Gasteiger partial charge >= 0.3 is 5.97 Å². The number of rotatable bonds is 3. The topological polar surface area (TPSA) is 40.5 Å². The summed E-state index contributed by atoms with van der Waals surface area (Å²) in [5, 5.41) is 9.33. The summed E-state index contributed by atoms with van der Waals surface area (Å²) in [4.78, 5) is 13.3. The molecule has 1 unspecified atom stereocenters. The highest BCUT2D eigenvalue weighted by molar-refractivity contribution is 5.87. The average molecular weight is 223 g/mol. The summed E-state index contributed by atoms with van der Waals surface area (Å²) in [5.41, 5.74) is -0.169. The fraction of sp³-hybridized carbons (Fsp3) is 0.417. The molecule has 16 heavy (non-hydrogen) atoms.